The van der Waals surface area contributed by atoms with Gasteiger partial charge in [0.1, 0.15) is 5.82 Å². The summed E-state index contributed by atoms with van der Waals surface area (Å²) >= 11 is 5.74. The van der Waals surface area contributed by atoms with Gasteiger partial charge in [-0.3, -0.25) is 4.79 Å². The number of benzene rings is 1. The quantitative estimate of drug-likeness (QED) is 0.707. The highest BCUT2D eigenvalue weighted by atomic mass is 35.5. The number of amides is 1. The minimum atomic E-state index is -3.74. The first-order chi connectivity index (χ1) is 13.3. The third-order valence-electron chi connectivity index (χ3n) is 5.97. The Labute approximate surface area is 171 Å². The zero-order valence-electron chi connectivity index (χ0n) is 16.2. The van der Waals surface area contributed by atoms with Crippen LogP contribution in [0.25, 0.3) is 0 Å². The zero-order chi connectivity index (χ0) is 20.3. The number of rotatable bonds is 5. The van der Waals surface area contributed by atoms with Crippen molar-refractivity contribution in [1.29, 1.82) is 0 Å². The number of halogens is 2. The van der Waals surface area contributed by atoms with Crippen molar-refractivity contribution in [3.05, 3.63) is 29.0 Å². The van der Waals surface area contributed by atoms with Crippen molar-refractivity contribution >= 4 is 27.5 Å². The predicted molar refractivity (Wildman–Crippen MR) is 107 cm³/mol. The summed E-state index contributed by atoms with van der Waals surface area (Å²) in [4.78, 5) is 15.0. The van der Waals surface area contributed by atoms with Gasteiger partial charge in [-0.15, -0.1) is 0 Å². The first-order valence-corrected chi connectivity index (χ1v) is 11.9. The molecule has 1 aromatic rings. The average Bonchev–Trinajstić information content (AvgIpc) is 2.71. The molecule has 0 radical (unpaired) electrons. The molecule has 3 rings (SSSR count). The van der Waals surface area contributed by atoms with Crippen LogP contribution in [0.2, 0.25) is 5.02 Å². The third kappa shape index (κ3) is 4.52. The summed E-state index contributed by atoms with van der Waals surface area (Å²) in [7, 11) is -3.74. The molecule has 1 saturated heterocycles. The number of hydrogen-bond donors (Lipinski definition) is 0. The molecule has 1 aliphatic carbocycles. The number of nitrogens with zero attached hydrogens (tertiary/aromatic N) is 2. The van der Waals surface area contributed by atoms with E-state index in [4.69, 9.17) is 11.6 Å². The van der Waals surface area contributed by atoms with Crippen LogP contribution in [0.3, 0.4) is 0 Å². The van der Waals surface area contributed by atoms with Gasteiger partial charge in [0, 0.05) is 31.6 Å². The van der Waals surface area contributed by atoms with Crippen molar-refractivity contribution in [2.24, 2.45) is 5.92 Å². The van der Waals surface area contributed by atoms with Gasteiger partial charge in [0.15, 0.2) is 0 Å². The number of piperidine rings is 1. The van der Waals surface area contributed by atoms with Crippen molar-refractivity contribution in [2.45, 2.75) is 62.8 Å². The lowest BCUT2D eigenvalue weighted by Gasteiger charge is -2.38. The number of carbonyl (C=O) groups excluding carboxylic acids is 1. The van der Waals surface area contributed by atoms with Gasteiger partial charge in [0.25, 0.3) is 0 Å². The van der Waals surface area contributed by atoms with Gasteiger partial charge in [-0.2, -0.15) is 4.31 Å². The second-order valence-corrected chi connectivity index (χ2v) is 10.0. The molecule has 8 heteroatoms. The van der Waals surface area contributed by atoms with Gasteiger partial charge in [0.05, 0.1) is 9.92 Å². The van der Waals surface area contributed by atoms with Crippen LogP contribution in [0, 0.1) is 11.7 Å². The van der Waals surface area contributed by atoms with E-state index < -0.39 is 15.8 Å². The Morgan fingerprint density at radius 3 is 2.39 bits per heavy atom. The summed E-state index contributed by atoms with van der Waals surface area (Å²) in [6, 6.07) is 3.77. The van der Waals surface area contributed by atoms with E-state index in [-0.39, 0.29) is 34.8 Å². The fraction of sp³-hybridized carbons (Fsp3) is 0.650. The molecule has 0 atom stereocenters. The van der Waals surface area contributed by atoms with Crippen LogP contribution < -0.4 is 0 Å². The predicted octanol–water partition coefficient (Wildman–Crippen LogP) is 4.06. The summed E-state index contributed by atoms with van der Waals surface area (Å²) in [5.41, 5.74) is 0. The fourth-order valence-electron chi connectivity index (χ4n) is 4.35. The van der Waals surface area contributed by atoms with E-state index >= 15 is 0 Å². The van der Waals surface area contributed by atoms with Crippen molar-refractivity contribution in [2.75, 3.05) is 19.6 Å². The van der Waals surface area contributed by atoms with Crippen LogP contribution in [0.5, 0.6) is 0 Å². The third-order valence-corrected chi connectivity index (χ3v) is 8.16. The molecule has 2 fully saturated rings. The molecular formula is C20H28ClFN2O3S. The van der Waals surface area contributed by atoms with E-state index in [0.717, 1.165) is 25.0 Å². The standard InChI is InChI=1S/C20H28ClFN2O3S/c1-2-24(16-6-4-3-5-7-16)20(25)15-10-12-23(13-11-15)28(26,27)17-8-9-19(22)18(21)14-17/h8-9,14-16H,2-7,10-13H2,1H3. The molecule has 1 aromatic carbocycles. The van der Waals surface area contributed by atoms with Crippen LogP contribution in [0.15, 0.2) is 23.1 Å². The second-order valence-electron chi connectivity index (χ2n) is 7.67. The van der Waals surface area contributed by atoms with Gasteiger partial charge in [-0.25, -0.2) is 12.8 Å². The van der Waals surface area contributed by atoms with E-state index in [1.807, 2.05) is 11.8 Å². The number of carbonyl (C=O) groups is 1. The molecule has 0 spiro atoms. The van der Waals surface area contributed by atoms with Crippen molar-refractivity contribution < 1.29 is 17.6 Å². The minimum absolute atomic E-state index is 0.0129. The molecule has 28 heavy (non-hydrogen) atoms. The Kier molecular flexibility index (Phi) is 6.99. The van der Waals surface area contributed by atoms with E-state index in [1.165, 1.54) is 29.6 Å². The maximum atomic E-state index is 13.3. The summed E-state index contributed by atoms with van der Waals surface area (Å²) in [5, 5.41) is -0.211. The van der Waals surface area contributed by atoms with Gasteiger partial charge >= 0.3 is 0 Å². The van der Waals surface area contributed by atoms with Crippen molar-refractivity contribution in [3.8, 4) is 0 Å². The van der Waals surface area contributed by atoms with E-state index in [9.17, 15) is 17.6 Å². The van der Waals surface area contributed by atoms with Gasteiger partial charge in [0.2, 0.25) is 15.9 Å². The highest BCUT2D eigenvalue weighted by molar-refractivity contribution is 7.89. The molecule has 1 aliphatic heterocycles. The van der Waals surface area contributed by atoms with Crippen molar-refractivity contribution in [1.82, 2.24) is 9.21 Å². The maximum Gasteiger partial charge on any atom is 0.243 e. The molecule has 1 amide bonds. The van der Waals surface area contributed by atoms with Gasteiger partial charge in [-0.1, -0.05) is 30.9 Å². The largest absolute Gasteiger partial charge is 0.340 e. The van der Waals surface area contributed by atoms with E-state index in [0.29, 0.717) is 25.4 Å². The first kappa shape index (κ1) is 21.5. The SMILES string of the molecule is CCN(C(=O)C1CCN(S(=O)(=O)c2ccc(F)c(Cl)c2)CC1)C1CCCCC1. The van der Waals surface area contributed by atoms with Crippen LogP contribution in [-0.2, 0) is 14.8 Å². The number of sulfonamides is 1. The molecule has 0 aromatic heterocycles. The van der Waals surface area contributed by atoms with Crippen molar-refractivity contribution in [3.63, 3.8) is 0 Å². The lowest BCUT2D eigenvalue weighted by Crippen LogP contribution is -2.48. The highest BCUT2D eigenvalue weighted by Crippen LogP contribution is 2.29. The molecule has 5 nitrogen and oxygen atoms in total. The molecule has 0 N–H and O–H groups in total. The Bertz CT molecular complexity index is 804. The molecule has 156 valence electrons. The van der Waals surface area contributed by atoms with Crippen LogP contribution >= 0.6 is 11.6 Å². The normalized spacial score (nSPS) is 20.2. The summed E-state index contributed by atoms with van der Waals surface area (Å²) in [5.74, 6) is -0.617. The Morgan fingerprint density at radius 1 is 1.18 bits per heavy atom. The topological polar surface area (TPSA) is 57.7 Å². The van der Waals surface area contributed by atoms with Crippen LogP contribution in [0.1, 0.15) is 51.9 Å². The summed E-state index contributed by atoms with van der Waals surface area (Å²) in [6.07, 6.45) is 6.74. The molecule has 0 unspecified atom stereocenters. The minimum Gasteiger partial charge on any atom is -0.340 e. The highest BCUT2D eigenvalue weighted by Gasteiger charge is 2.35. The van der Waals surface area contributed by atoms with Crippen LogP contribution in [-0.4, -0.2) is 49.2 Å². The zero-order valence-corrected chi connectivity index (χ0v) is 17.8. The molecular weight excluding hydrogens is 403 g/mol. The van der Waals surface area contributed by atoms with Gasteiger partial charge < -0.3 is 4.90 Å². The maximum absolute atomic E-state index is 13.3. The summed E-state index contributed by atoms with van der Waals surface area (Å²) < 4.78 is 40.3. The van der Waals surface area contributed by atoms with Gasteiger partial charge in [-0.05, 0) is 50.8 Å². The van der Waals surface area contributed by atoms with E-state index in [1.54, 1.807) is 0 Å². The second kappa shape index (κ2) is 9.09. The Balaban J connectivity index is 1.64. The molecule has 2 aliphatic rings. The monoisotopic (exact) mass is 430 g/mol. The molecule has 1 saturated carbocycles. The summed E-state index contributed by atoms with van der Waals surface area (Å²) in [6.45, 7) is 3.30. The first-order valence-electron chi connectivity index (χ1n) is 10.1. The fourth-order valence-corrected chi connectivity index (χ4v) is 6.09. The van der Waals surface area contributed by atoms with E-state index in [2.05, 4.69) is 0 Å². The van der Waals surface area contributed by atoms with Crippen LogP contribution in [0.4, 0.5) is 4.39 Å². The average molecular weight is 431 g/mol. The molecule has 1 heterocycles. The smallest absolute Gasteiger partial charge is 0.243 e. The Hall–Kier alpha value is -1.18. The lowest BCUT2D eigenvalue weighted by molar-refractivity contribution is -0.139. The molecule has 0 bridgehead atoms. The number of hydrogen-bond acceptors (Lipinski definition) is 3. The Morgan fingerprint density at radius 2 is 1.82 bits per heavy atom. The lowest BCUT2D eigenvalue weighted by atomic mass is 9.91.